The highest BCUT2D eigenvalue weighted by atomic mass is 19.4. The first-order chi connectivity index (χ1) is 11.0. The highest BCUT2D eigenvalue weighted by Crippen LogP contribution is 2.36. The fraction of sp³-hybridized carbons (Fsp3) is 0.500. The molecular weight excluding hydrogens is 344 g/mol. The highest BCUT2D eigenvalue weighted by Gasteiger charge is 2.38. The molecule has 1 aromatic carbocycles. The van der Waals surface area contributed by atoms with Crippen LogP contribution in [0.1, 0.15) is 21.5 Å². The lowest BCUT2D eigenvalue weighted by molar-refractivity contribution is -0.143. The molecule has 0 saturated carbocycles. The van der Waals surface area contributed by atoms with Crippen molar-refractivity contribution in [1.29, 1.82) is 0 Å². The van der Waals surface area contributed by atoms with Crippen LogP contribution in [0.3, 0.4) is 0 Å². The Bertz CT molecular complexity index is 581. The number of rotatable bonds is 2. The molecule has 0 radical (unpaired) electrons. The number of alkyl halides is 6. The molecule has 0 aromatic heterocycles. The second-order valence-electron chi connectivity index (χ2n) is 5.20. The molecule has 0 bridgehead atoms. The molecule has 0 unspecified atom stereocenters. The number of carbonyl (C=O) groups is 1. The zero-order chi connectivity index (χ0) is 18.1. The van der Waals surface area contributed by atoms with Crippen LogP contribution in [-0.2, 0) is 17.1 Å². The molecule has 1 N–H and O–H groups in total. The summed E-state index contributed by atoms with van der Waals surface area (Å²) in [6, 6.07) is -0.113. The number of aliphatic hydroxyl groups is 1. The number of nitrogens with zero attached hydrogens (tertiary/aromatic N) is 1. The third-order valence-corrected chi connectivity index (χ3v) is 3.53. The van der Waals surface area contributed by atoms with Crippen molar-refractivity contribution in [3.63, 3.8) is 0 Å². The second kappa shape index (κ2) is 6.60. The summed E-state index contributed by atoms with van der Waals surface area (Å²) in [4.78, 5) is 13.4. The molecule has 24 heavy (non-hydrogen) atoms. The van der Waals surface area contributed by atoms with Gasteiger partial charge in [-0.3, -0.25) is 4.79 Å². The normalized spacial score (nSPS) is 19.5. The lowest BCUT2D eigenvalue weighted by Gasteiger charge is -2.34. The van der Waals surface area contributed by atoms with Gasteiger partial charge in [-0.2, -0.15) is 26.3 Å². The zero-order valence-corrected chi connectivity index (χ0v) is 12.1. The predicted molar refractivity (Wildman–Crippen MR) is 69.2 cm³/mol. The van der Waals surface area contributed by atoms with E-state index in [0.29, 0.717) is 12.1 Å². The Labute approximate surface area is 132 Å². The van der Waals surface area contributed by atoms with Gasteiger partial charge in [-0.25, -0.2) is 0 Å². The topological polar surface area (TPSA) is 49.8 Å². The minimum atomic E-state index is -5.03. The fourth-order valence-electron chi connectivity index (χ4n) is 2.32. The zero-order valence-electron chi connectivity index (χ0n) is 12.1. The number of ether oxygens (including phenoxy) is 1. The van der Waals surface area contributed by atoms with Gasteiger partial charge in [0.15, 0.2) is 0 Å². The van der Waals surface area contributed by atoms with Gasteiger partial charge >= 0.3 is 12.4 Å². The first-order valence-corrected chi connectivity index (χ1v) is 6.83. The van der Waals surface area contributed by atoms with Crippen molar-refractivity contribution in [2.24, 2.45) is 0 Å². The van der Waals surface area contributed by atoms with Crippen molar-refractivity contribution in [3.05, 3.63) is 34.9 Å². The van der Waals surface area contributed by atoms with E-state index in [1.54, 1.807) is 0 Å². The Morgan fingerprint density at radius 1 is 1.12 bits per heavy atom. The average Bonchev–Trinajstić information content (AvgIpc) is 2.52. The summed E-state index contributed by atoms with van der Waals surface area (Å²) in [6.07, 6.45) is -10.1. The molecule has 1 aromatic rings. The Hall–Kier alpha value is -1.81. The molecule has 1 heterocycles. The summed E-state index contributed by atoms with van der Waals surface area (Å²) < 4.78 is 82.0. The van der Waals surface area contributed by atoms with E-state index in [2.05, 4.69) is 0 Å². The van der Waals surface area contributed by atoms with Crippen molar-refractivity contribution in [2.75, 3.05) is 26.4 Å². The minimum absolute atomic E-state index is 0.0400. The van der Waals surface area contributed by atoms with Crippen LogP contribution in [0, 0.1) is 0 Å². The maximum absolute atomic E-state index is 12.8. The van der Waals surface area contributed by atoms with Crippen molar-refractivity contribution in [2.45, 2.75) is 18.4 Å². The van der Waals surface area contributed by atoms with E-state index in [1.165, 1.54) is 0 Å². The van der Waals surface area contributed by atoms with Gasteiger partial charge in [-0.1, -0.05) is 0 Å². The van der Waals surface area contributed by atoms with E-state index in [1.807, 2.05) is 0 Å². The van der Waals surface area contributed by atoms with Gasteiger partial charge in [0.25, 0.3) is 5.91 Å². The Balaban J connectivity index is 2.46. The van der Waals surface area contributed by atoms with Crippen LogP contribution < -0.4 is 0 Å². The molecule has 134 valence electrons. The van der Waals surface area contributed by atoms with Crippen molar-refractivity contribution >= 4 is 5.91 Å². The van der Waals surface area contributed by atoms with E-state index >= 15 is 0 Å². The van der Waals surface area contributed by atoms with Gasteiger partial charge in [0.2, 0.25) is 0 Å². The Kier molecular flexibility index (Phi) is 5.09. The van der Waals surface area contributed by atoms with E-state index in [4.69, 9.17) is 4.74 Å². The van der Waals surface area contributed by atoms with Gasteiger partial charge in [-0.15, -0.1) is 0 Å². The van der Waals surface area contributed by atoms with Crippen LogP contribution in [-0.4, -0.2) is 48.3 Å². The molecule has 4 nitrogen and oxygen atoms in total. The fourth-order valence-corrected chi connectivity index (χ4v) is 2.32. The van der Waals surface area contributed by atoms with Gasteiger partial charge in [0, 0.05) is 12.1 Å². The number of morpholine rings is 1. The number of benzene rings is 1. The van der Waals surface area contributed by atoms with Crippen LogP contribution in [0.4, 0.5) is 26.3 Å². The number of amides is 1. The van der Waals surface area contributed by atoms with E-state index < -0.39 is 47.6 Å². The molecule has 0 spiro atoms. The highest BCUT2D eigenvalue weighted by molar-refractivity contribution is 5.95. The van der Waals surface area contributed by atoms with Gasteiger partial charge < -0.3 is 14.7 Å². The summed E-state index contributed by atoms with van der Waals surface area (Å²) in [5.74, 6) is -1.02. The van der Waals surface area contributed by atoms with Crippen LogP contribution in [0.25, 0.3) is 0 Å². The van der Waals surface area contributed by atoms with Gasteiger partial charge in [0.05, 0.1) is 37.0 Å². The summed E-state index contributed by atoms with van der Waals surface area (Å²) in [5.41, 5.74) is -3.86. The second-order valence-corrected chi connectivity index (χ2v) is 5.20. The quantitative estimate of drug-likeness (QED) is 0.828. The van der Waals surface area contributed by atoms with E-state index in [9.17, 15) is 36.2 Å². The minimum Gasteiger partial charge on any atom is -0.394 e. The van der Waals surface area contributed by atoms with Crippen LogP contribution in [0.15, 0.2) is 18.2 Å². The largest absolute Gasteiger partial charge is 0.416 e. The number of halogens is 6. The molecule has 2 rings (SSSR count). The Morgan fingerprint density at radius 2 is 1.67 bits per heavy atom. The molecule has 1 saturated heterocycles. The monoisotopic (exact) mass is 357 g/mol. The standard InChI is InChI=1S/C14H13F6NO3/c15-13(16,17)9-3-8(4-10(5-9)14(18,19)20)12(23)21-1-2-24-7-11(21)6-22/h3-5,11,22H,1-2,6-7H2/t11-/m1/s1. The SMILES string of the molecule is O=C(c1cc(C(F)(F)F)cc(C(F)(F)F)c1)N1CCOC[C@H]1CO. The molecular formula is C14H13F6NO3. The van der Waals surface area contributed by atoms with Crippen molar-refractivity contribution in [1.82, 2.24) is 4.90 Å². The first kappa shape index (κ1) is 18.5. The Morgan fingerprint density at radius 3 is 2.12 bits per heavy atom. The molecule has 10 heteroatoms. The molecule has 0 aliphatic carbocycles. The summed E-state index contributed by atoms with van der Waals surface area (Å²) >= 11 is 0. The summed E-state index contributed by atoms with van der Waals surface area (Å²) in [7, 11) is 0. The van der Waals surface area contributed by atoms with Gasteiger partial charge in [-0.05, 0) is 18.2 Å². The number of aliphatic hydroxyl groups excluding tert-OH is 1. The maximum Gasteiger partial charge on any atom is 0.416 e. The van der Waals surface area contributed by atoms with Crippen molar-refractivity contribution in [3.8, 4) is 0 Å². The van der Waals surface area contributed by atoms with E-state index in [-0.39, 0.29) is 25.8 Å². The number of carbonyl (C=O) groups excluding carboxylic acids is 1. The first-order valence-electron chi connectivity index (χ1n) is 6.83. The molecule has 1 amide bonds. The number of hydrogen-bond donors (Lipinski definition) is 1. The van der Waals surface area contributed by atoms with E-state index in [0.717, 1.165) is 4.90 Å². The third kappa shape index (κ3) is 3.99. The molecule has 1 aliphatic heterocycles. The lowest BCUT2D eigenvalue weighted by Crippen LogP contribution is -2.50. The molecule has 1 fully saturated rings. The average molecular weight is 357 g/mol. The predicted octanol–water partition coefficient (Wildman–Crippen LogP) is 2.56. The number of hydrogen-bond acceptors (Lipinski definition) is 3. The molecule has 1 aliphatic rings. The van der Waals surface area contributed by atoms with Gasteiger partial charge in [0.1, 0.15) is 0 Å². The van der Waals surface area contributed by atoms with Crippen LogP contribution in [0.5, 0.6) is 0 Å². The molecule has 1 atom stereocenters. The van der Waals surface area contributed by atoms with Crippen LogP contribution >= 0.6 is 0 Å². The lowest BCUT2D eigenvalue weighted by atomic mass is 10.0. The summed E-state index contributed by atoms with van der Waals surface area (Å²) in [5, 5.41) is 9.19. The third-order valence-electron chi connectivity index (χ3n) is 3.53. The van der Waals surface area contributed by atoms with Crippen LogP contribution in [0.2, 0.25) is 0 Å². The summed E-state index contributed by atoms with van der Waals surface area (Å²) in [6.45, 7) is -0.529. The van der Waals surface area contributed by atoms with Crippen molar-refractivity contribution < 1.29 is 41.0 Å². The smallest absolute Gasteiger partial charge is 0.394 e. The maximum atomic E-state index is 12.8.